The van der Waals surface area contributed by atoms with Gasteiger partial charge in [-0.1, -0.05) is 18.2 Å². The first-order valence-electron chi connectivity index (χ1n) is 6.54. The van der Waals surface area contributed by atoms with Gasteiger partial charge in [0.1, 0.15) is 0 Å². The Hall–Kier alpha value is -2.56. The third-order valence-corrected chi connectivity index (χ3v) is 3.17. The first-order chi connectivity index (χ1) is 10.2. The van der Waals surface area contributed by atoms with Gasteiger partial charge in [0.05, 0.1) is 11.0 Å². The summed E-state index contributed by atoms with van der Waals surface area (Å²) in [6, 6.07) is 12.1. The predicted octanol–water partition coefficient (Wildman–Crippen LogP) is 4.18. The van der Waals surface area contributed by atoms with Gasteiger partial charge < -0.3 is 5.32 Å². The van der Waals surface area contributed by atoms with Crippen LogP contribution in [0.2, 0.25) is 0 Å². The van der Waals surface area contributed by atoms with Gasteiger partial charge in [0.2, 0.25) is 0 Å². The second-order valence-electron chi connectivity index (χ2n) is 4.66. The highest BCUT2D eigenvalue weighted by Gasteiger charge is 2.06. The molecule has 0 amide bonds. The van der Waals surface area contributed by atoms with Crippen LogP contribution in [-0.2, 0) is 6.54 Å². The highest BCUT2D eigenvalue weighted by molar-refractivity contribution is 5.78. The average molecular weight is 285 g/mol. The predicted molar refractivity (Wildman–Crippen MR) is 78.3 cm³/mol. The zero-order valence-corrected chi connectivity index (χ0v) is 11.1. The summed E-state index contributed by atoms with van der Waals surface area (Å²) in [6.45, 7) is 0.479. The van der Waals surface area contributed by atoms with E-state index in [4.69, 9.17) is 0 Å². The third kappa shape index (κ3) is 3.13. The minimum atomic E-state index is -2.44. The number of hydrogen-bond acceptors (Lipinski definition) is 3. The maximum atomic E-state index is 12.6. The fourth-order valence-electron chi connectivity index (χ4n) is 2.12. The molecule has 0 spiro atoms. The Kier molecular flexibility index (Phi) is 3.73. The molecule has 0 unspecified atom stereocenters. The van der Waals surface area contributed by atoms with E-state index in [0.29, 0.717) is 6.54 Å². The topological polar surface area (TPSA) is 37.8 Å². The Morgan fingerprint density at radius 3 is 2.57 bits per heavy atom. The fraction of sp³-hybridized carbons (Fsp3) is 0.125. The Morgan fingerprint density at radius 2 is 1.76 bits per heavy atom. The van der Waals surface area contributed by atoms with Crippen molar-refractivity contribution in [3.8, 4) is 0 Å². The molecule has 0 aliphatic heterocycles. The van der Waals surface area contributed by atoms with Crippen molar-refractivity contribution in [1.82, 2.24) is 9.97 Å². The first kappa shape index (κ1) is 13.4. The molecule has 21 heavy (non-hydrogen) atoms. The molecule has 1 heterocycles. The van der Waals surface area contributed by atoms with E-state index in [1.165, 1.54) is 12.1 Å². The largest absolute Gasteiger partial charge is 0.381 e. The van der Waals surface area contributed by atoms with Crippen molar-refractivity contribution < 1.29 is 8.78 Å². The normalized spacial score (nSPS) is 11.0. The van der Waals surface area contributed by atoms with Crippen molar-refractivity contribution in [2.75, 3.05) is 5.32 Å². The maximum Gasteiger partial charge on any atom is 0.263 e. The molecule has 0 saturated heterocycles. The lowest BCUT2D eigenvalue weighted by Crippen LogP contribution is -2.00. The van der Waals surface area contributed by atoms with Crippen molar-refractivity contribution in [3.05, 3.63) is 66.0 Å². The number of hydrogen-bond donors (Lipinski definition) is 1. The molecular formula is C16H13F2N3. The number of aromatic nitrogens is 2. The molecule has 0 aliphatic carbocycles. The van der Waals surface area contributed by atoms with Crippen molar-refractivity contribution in [1.29, 1.82) is 0 Å². The van der Waals surface area contributed by atoms with Crippen LogP contribution in [0.3, 0.4) is 0 Å². The quantitative estimate of drug-likeness (QED) is 0.781. The number of benzene rings is 2. The molecule has 0 radical (unpaired) electrons. The fourth-order valence-corrected chi connectivity index (χ4v) is 2.12. The zero-order chi connectivity index (χ0) is 14.7. The summed E-state index contributed by atoms with van der Waals surface area (Å²) in [5.74, 6) is 0. The summed E-state index contributed by atoms with van der Waals surface area (Å²) >= 11 is 0. The van der Waals surface area contributed by atoms with Gasteiger partial charge in [0, 0.05) is 30.2 Å². The van der Waals surface area contributed by atoms with Crippen LogP contribution in [-0.4, -0.2) is 9.97 Å². The molecule has 3 nitrogen and oxygen atoms in total. The van der Waals surface area contributed by atoms with Crippen LogP contribution in [0.25, 0.3) is 11.0 Å². The number of nitrogens with zero attached hydrogens (tertiary/aromatic N) is 2. The standard InChI is InChI=1S/C16H13F2N3/c17-16(18)12-3-1-2-11(8-12)10-21-13-4-5-14-15(9-13)20-7-6-19-14/h1-9,16,21H,10H2. The van der Waals surface area contributed by atoms with E-state index in [1.54, 1.807) is 18.5 Å². The van der Waals surface area contributed by atoms with Crippen LogP contribution in [0.5, 0.6) is 0 Å². The third-order valence-electron chi connectivity index (χ3n) is 3.17. The second-order valence-corrected chi connectivity index (χ2v) is 4.66. The van der Waals surface area contributed by atoms with Crippen LogP contribution in [0.4, 0.5) is 14.5 Å². The molecule has 0 atom stereocenters. The van der Waals surface area contributed by atoms with Crippen LogP contribution in [0.1, 0.15) is 17.6 Å². The van der Waals surface area contributed by atoms with E-state index in [0.717, 1.165) is 22.3 Å². The van der Waals surface area contributed by atoms with Gasteiger partial charge in [0.15, 0.2) is 0 Å². The van der Waals surface area contributed by atoms with Gasteiger partial charge in [-0.15, -0.1) is 0 Å². The highest BCUT2D eigenvalue weighted by atomic mass is 19.3. The summed E-state index contributed by atoms with van der Waals surface area (Å²) in [4.78, 5) is 8.43. The Labute approximate surface area is 120 Å². The van der Waals surface area contributed by atoms with E-state index in [2.05, 4.69) is 15.3 Å². The van der Waals surface area contributed by atoms with E-state index < -0.39 is 6.43 Å². The van der Waals surface area contributed by atoms with E-state index in [1.807, 2.05) is 24.3 Å². The van der Waals surface area contributed by atoms with Crippen molar-refractivity contribution in [2.45, 2.75) is 13.0 Å². The number of halogens is 2. The van der Waals surface area contributed by atoms with Crippen molar-refractivity contribution in [2.24, 2.45) is 0 Å². The summed E-state index contributed by atoms with van der Waals surface area (Å²) in [6.07, 6.45) is 0.838. The van der Waals surface area contributed by atoms with Gasteiger partial charge >= 0.3 is 0 Å². The van der Waals surface area contributed by atoms with Crippen molar-refractivity contribution >= 4 is 16.7 Å². The minimum Gasteiger partial charge on any atom is -0.381 e. The van der Waals surface area contributed by atoms with E-state index in [9.17, 15) is 8.78 Å². The molecule has 0 bridgehead atoms. The summed E-state index contributed by atoms with van der Waals surface area (Å²) in [7, 11) is 0. The minimum absolute atomic E-state index is 0.0404. The summed E-state index contributed by atoms with van der Waals surface area (Å²) in [5.41, 5.74) is 3.35. The number of alkyl halides is 2. The SMILES string of the molecule is FC(F)c1cccc(CNc2ccc3nccnc3c2)c1. The van der Waals surface area contributed by atoms with Crippen LogP contribution in [0.15, 0.2) is 54.9 Å². The molecule has 3 aromatic rings. The Bertz CT molecular complexity index is 759. The van der Waals surface area contributed by atoms with Crippen LogP contribution < -0.4 is 5.32 Å². The summed E-state index contributed by atoms with van der Waals surface area (Å²) < 4.78 is 25.3. The first-order valence-corrected chi connectivity index (χ1v) is 6.54. The van der Waals surface area contributed by atoms with Gasteiger partial charge in [-0.05, 0) is 29.8 Å². The zero-order valence-electron chi connectivity index (χ0n) is 11.1. The molecular weight excluding hydrogens is 272 g/mol. The Morgan fingerprint density at radius 1 is 0.952 bits per heavy atom. The van der Waals surface area contributed by atoms with Crippen LogP contribution >= 0.6 is 0 Å². The van der Waals surface area contributed by atoms with Gasteiger partial charge in [0.25, 0.3) is 6.43 Å². The molecule has 0 saturated carbocycles. The van der Waals surface area contributed by atoms with E-state index in [-0.39, 0.29) is 5.56 Å². The van der Waals surface area contributed by atoms with Gasteiger partial charge in [-0.3, -0.25) is 9.97 Å². The average Bonchev–Trinajstić information content (AvgIpc) is 2.53. The lowest BCUT2D eigenvalue weighted by molar-refractivity contribution is 0.151. The lowest BCUT2D eigenvalue weighted by atomic mass is 10.1. The Balaban J connectivity index is 1.75. The molecule has 1 N–H and O–H groups in total. The summed E-state index contributed by atoms with van der Waals surface area (Å²) in [5, 5.41) is 3.21. The van der Waals surface area contributed by atoms with Crippen LogP contribution in [0, 0.1) is 0 Å². The molecule has 3 rings (SSSR count). The van der Waals surface area contributed by atoms with Crippen molar-refractivity contribution in [3.63, 3.8) is 0 Å². The van der Waals surface area contributed by atoms with Gasteiger partial charge in [-0.2, -0.15) is 0 Å². The number of fused-ring (bicyclic) bond motifs is 1. The molecule has 1 aromatic heterocycles. The lowest BCUT2D eigenvalue weighted by Gasteiger charge is -2.08. The molecule has 0 aliphatic rings. The van der Waals surface area contributed by atoms with E-state index >= 15 is 0 Å². The molecule has 2 aromatic carbocycles. The smallest absolute Gasteiger partial charge is 0.263 e. The molecule has 0 fully saturated rings. The number of nitrogens with one attached hydrogen (secondary N) is 1. The monoisotopic (exact) mass is 285 g/mol. The second kappa shape index (κ2) is 5.83. The maximum absolute atomic E-state index is 12.6. The number of anilines is 1. The van der Waals surface area contributed by atoms with Gasteiger partial charge in [-0.25, -0.2) is 8.78 Å². The molecule has 5 heteroatoms. The molecule has 106 valence electrons. The number of rotatable bonds is 4. The highest BCUT2D eigenvalue weighted by Crippen LogP contribution is 2.20.